The van der Waals surface area contributed by atoms with Crippen molar-refractivity contribution < 1.29 is 9.53 Å². The molecular weight excluding hydrogens is 178 g/mol. The molecule has 0 fully saturated rings. The number of rotatable bonds is 4. The van der Waals surface area contributed by atoms with Gasteiger partial charge < -0.3 is 10.5 Å². The first-order chi connectivity index (χ1) is 6.67. The summed E-state index contributed by atoms with van der Waals surface area (Å²) < 4.78 is 5.26. The van der Waals surface area contributed by atoms with Crippen molar-refractivity contribution >= 4 is 5.91 Å². The molecule has 0 bridgehead atoms. The summed E-state index contributed by atoms with van der Waals surface area (Å²) in [5, 5.41) is 0. The lowest BCUT2D eigenvalue weighted by Crippen LogP contribution is -2.42. The highest BCUT2D eigenvalue weighted by molar-refractivity contribution is 5.84. The van der Waals surface area contributed by atoms with E-state index in [9.17, 15) is 4.79 Å². The van der Waals surface area contributed by atoms with Gasteiger partial charge in [0.25, 0.3) is 5.91 Å². The second-order valence-corrected chi connectivity index (χ2v) is 3.11. The highest BCUT2D eigenvalue weighted by Gasteiger charge is 2.36. The van der Waals surface area contributed by atoms with Crippen molar-refractivity contribution in [2.75, 3.05) is 7.11 Å². The maximum Gasteiger partial charge on any atom is 0.254 e. The van der Waals surface area contributed by atoms with E-state index in [1.807, 2.05) is 37.3 Å². The van der Waals surface area contributed by atoms with Crippen LogP contribution in [-0.4, -0.2) is 13.0 Å². The van der Waals surface area contributed by atoms with E-state index in [1.54, 1.807) is 0 Å². The van der Waals surface area contributed by atoms with Gasteiger partial charge in [0.15, 0.2) is 5.60 Å². The maximum atomic E-state index is 11.4. The molecule has 0 heterocycles. The van der Waals surface area contributed by atoms with Gasteiger partial charge in [0.1, 0.15) is 0 Å². The van der Waals surface area contributed by atoms with E-state index < -0.39 is 11.5 Å². The minimum absolute atomic E-state index is 0.450. The Morgan fingerprint density at radius 1 is 1.43 bits per heavy atom. The van der Waals surface area contributed by atoms with E-state index in [-0.39, 0.29) is 0 Å². The second kappa shape index (κ2) is 4.24. The van der Waals surface area contributed by atoms with Gasteiger partial charge in [-0.15, -0.1) is 0 Å². The van der Waals surface area contributed by atoms with E-state index in [4.69, 9.17) is 10.5 Å². The molecule has 1 aromatic carbocycles. The zero-order valence-corrected chi connectivity index (χ0v) is 8.49. The average Bonchev–Trinajstić information content (AvgIpc) is 2.22. The van der Waals surface area contributed by atoms with E-state index in [2.05, 4.69) is 0 Å². The van der Waals surface area contributed by atoms with Crippen molar-refractivity contribution in [3.8, 4) is 0 Å². The number of hydrogen-bond acceptors (Lipinski definition) is 2. The summed E-state index contributed by atoms with van der Waals surface area (Å²) in [4.78, 5) is 11.4. The van der Waals surface area contributed by atoms with E-state index in [0.717, 1.165) is 5.56 Å². The Kier molecular flexibility index (Phi) is 3.25. The molecule has 1 aromatic rings. The topological polar surface area (TPSA) is 52.3 Å². The first-order valence-electron chi connectivity index (χ1n) is 4.58. The standard InChI is InChI=1S/C11H15NO2/c1-3-11(14-2,10(12)13)9-7-5-4-6-8-9/h4-8H,3H2,1-2H3,(H2,12,13). The molecule has 0 saturated heterocycles. The first kappa shape index (κ1) is 10.7. The molecule has 0 radical (unpaired) electrons. The average molecular weight is 193 g/mol. The predicted octanol–water partition coefficient (Wildman–Crippen LogP) is 1.42. The van der Waals surface area contributed by atoms with Crippen LogP contribution >= 0.6 is 0 Å². The van der Waals surface area contributed by atoms with Gasteiger partial charge in [0, 0.05) is 7.11 Å². The summed E-state index contributed by atoms with van der Waals surface area (Å²) in [7, 11) is 1.50. The Morgan fingerprint density at radius 3 is 2.36 bits per heavy atom. The number of methoxy groups -OCH3 is 1. The summed E-state index contributed by atoms with van der Waals surface area (Å²) in [6.45, 7) is 1.88. The molecule has 76 valence electrons. The first-order valence-corrected chi connectivity index (χ1v) is 4.58. The Labute approximate surface area is 83.9 Å². The van der Waals surface area contributed by atoms with Crippen LogP contribution in [-0.2, 0) is 15.1 Å². The Bertz CT molecular complexity index is 304. The van der Waals surface area contributed by atoms with Crippen LogP contribution in [0.4, 0.5) is 0 Å². The summed E-state index contributed by atoms with van der Waals surface area (Å²) in [6.07, 6.45) is 0.531. The number of benzene rings is 1. The molecule has 1 rings (SSSR count). The third-order valence-electron chi connectivity index (χ3n) is 2.48. The number of hydrogen-bond donors (Lipinski definition) is 1. The summed E-state index contributed by atoms with van der Waals surface area (Å²) in [5.74, 6) is -0.450. The van der Waals surface area contributed by atoms with Crippen molar-refractivity contribution in [1.82, 2.24) is 0 Å². The molecule has 3 heteroatoms. The van der Waals surface area contributed by atoms with Gasteiger partial charge in [-0.1, -0.05) is 37.3 Å². The van der Waals surface area contributed by atoms with Gasteiger partial charge in [0.2, 0.25) is 0 Å². The fourth-order valence-corrected chi connectivity index (χ4v) is 1.59. The van der Waals surface area contributed by atoms with Crippen molar-refractivity contribution in [2.45, 2.75) is 18.9 Å². The normalized spacial score (nSPS) is 14.7. The molecule has 0 spiro atoms. The van der Waals surface area contributed by atoms with Crippen LogP contribution in [0.3, 0.4) is 0 Å². The monoisotopic (exact) mass is 193 g/mol. The van der Waals surface area contributed by atoms with Gasteiger partial charge in [-0.3, -0.25) is 4.79 Å². The minimum atomic E-state index is -0.985. The maximum absolute atomic E-state index is 11.4. The van der Waals surface area contributed by atoms with E-state index >= 15 is 0 Å². The zero-order valence-electron chi connectivity index (χ0n) is 8.49. The summed E-state index contributed by atoms with van der Waals surface area (Å²) in [5.41, 5.74) is 5.18. The van der Waals surface area contributed by atoms with Crippen molar-refractivity contribution in [3.63, 3.8) is 0 Å². The van der Waals surface area contributed by atoms with Gasteiger partial charge in [-0.05, 0) is 12.0 Å². The number of carbonyl (C=O) groups excluding carboxylic acids is 1. The van der Waals surface area contributed by atoms with Crippen LogP contribution in [0.15, 0.2) is 30.3 Å². The summed E-state index contributed by atoms with van der Waals surface area (Å²) >= 11 is 0. The van der Waals surface area contributed by atoms with Gasteiger partial charge in [-0.25, -0.2) is 0 Å². The zero-order chi connectivity index (χ0) is 10.6. The quantitative estimate of drug-likeness (QED) is 0.786. The number of primary amides is 1. The van der Waals surface area contributed by atoms with E-state index in [1.165, 1.54) is 7.11 Å². The lowest BCUT2D eigenvalue weighted by atomic mass is 9.90. The van der Waals surface area contributed by atoms with Crippen LogP contribution < -0.4 is 5.73 Å². The van der Waals surface area contributed by atoms with Crippen LogP contribution in [0.2, 0.25) is 0 Å². The Hall–Kier alpha value is -1.35. The molecule has 3 nitrogen and oxygen atoms in total. The lowest BCUT2D eigenvalue weighted by Gasteiger charge is -2.28. The van der Waals surface area contributed by atoms with Crippen LogP contribution in [0.5, 0.6) is 0 Å². The molecule has 1 atom stereocenters. The van der Waals surface area contributed by atoms with Crippen LogP contribution in [0, 0.1) is 0 Å². The molecule has 0 saturated carbocycles. The van der Waals surface area contributed by atoms with Crippen molar-refractivity contribution in [3.05, 3.63) is 35.9 Å². The molecule has 0 aliphatic rings. The molecule has 0 aromatic heterocycles. The molecule has 2 N–H and O–H groups in total. The third-order valence-corrected chi connectivity index (χ3v) is 2.48. The Morgan fingerprint density at radius 2 is 2.00 bits per heavy atom. The number of nitrogens with two attached hydrogens (primary N) is 1. The van der Waals surface area contributed by atoms with Crippen LogP contribution in [0.25, 0.3) is 0 Å². The predicted molar refractivity (Wildman–Crippen MR) is 54.6 cm³/mol. The molecule has 0 aliphatic heterocycles. The molecular formula is C11H15NO2. The number of ether oxygens (including phenoxy) is 1. The van der Waals surface area contributed by atoms with Crippen molar-refractivity contribution in [1.29, 1.82) is 0 Å². The van der Waals surface area contributed by atoms with Gasteiger partial charge in [0.05, 0.1) is 0 Å². The fraction of sp³-hybridized carbons (Fsp3) is 0.364. The van der Waals surface area contributed by atoms with Crippen LogP contribution in [0.1, 0.15) is 18.9 Å². The number of carbonyl (C=O) groups is 1. The van der Waals surface area contributed by atoms with E-state index in [0.29, 0.717) is 6.42 Å². The smallest absolute Gasteiger partial charge is 0.254 e. The molecule has 1 amide bonds. The number of amides is 1. The molecule has 14 heavy (non-hydrogen) atoms. The molecule has 0 aliphatic carbocycles. The highest BCUT2D eigenvalue weighted by Crippen LogP contribution is 2.28. The largest absolute Gasteiger partial charge is 0.367 e. The third kappa shape index (κ3) is 1.63. The highest BCUT2D eigenvalue weighted by atomic mass is 16.5. The SMILES string of the molecule is CCC(OC)(C(N)=O)c1ccccc1. The van der Waals surface area contributed by atoms with Crippen molar-refractivity contribution in [2.24, 2.45) is 5.73 Å². The lowest BCUT2D eigenvalue weighted by molar-refractivity contribution is -0.141. The Balaban J connectivity index is 3.18. The van der Waals surface area contributed by atoms with Gasteiger partial charge >= 0.3 is 0 Å². The fourth-order valence-electron chi connectivity index (χ4n) is 1.59. The summed E-state index contributed by atoms with van der Waals surface area (Å²) in [6, 6.07) is 9.31. The van der Waals surface area contributed by atoms with Gasteiger partial charge in [-0.2, -0.15) is 0 Å². The second-order valence-electron chi connectivity index (χ2n) is 3.11. The minimum Gasteiger partial charge on any atom is -0.367 e. The molecule has 1 unspecified atom stereocenters.